The first-order valence-electron chi connectivity index (χ1n) is 11.0. The molecule has 3 N–H and O–H groups in total. The van der Waals surface area contributed by atoms with Crippen molar-refractivity contribution in [2.45, 2.75) is 90.6 Å². The Morgan fingerprint density at radius 1 is 1.19 bits per heavy atom. The van der Waals surface area contributed by atoms with Gasteiger partial charge in [-0.15, -0.1) is 6.58 Å². The number of carbonyl (C=O) groups is 4. The minimum absolute atomic E-state index is 0.0442. The lowest BCUT2D eigenvalue weighted by atomic mass is 9.85. The van der Waals surface area contributed by atoms with Crippen molar-refractivity contribution >= 4 is 23.7 Å². The lowest BCUT2D eigenvalue weighted by Gasteiger charge is -2.36. The Morgan fingerprint density at radius 3 is 2.22 bits per heavy atom. The van der Waals surface area contributed by atoms with Crippen molar-refractivity contribution in [3.05, 3.63) is 12.7 Å². The second-order valence-corrected chi connectivity index (χ2v) is 10.9. The van der Waals surface area contributed by atoms with Gasteiger partial charge in [-0.1, -0.05) is 26.8 Å². The van der Waals surface area contributed by atoms with Crippen molar-refractivity contribution in [1.29, 1.82) is 0 Å². The average Bonchev–Trinajstić information content (AvgIpc) is 3.20. The fourth-order valence-electron chi connectivity index (χ4n) is 4.06. The fraction of sp³-hybridized carbons (Fsp3) is 0.739. The van der Waals surface area contributed by atoms with Crippen LogP contribution in [0.2, 0.25) is 0 Å². The van der Waals surface area contributed by atoms with E-state index < -0.39 is 52.7 Å². The standard InChI is InChI=1S/C23H37N3O6/c1-9-14-11-23(14,13(2)27)25-18(29)16-10-15(28)12-26(16)19(30)17(21(3,4)5)24-20(31)32-22(6,7)8/h9,14-17,28H,1,10-12H2,2-8H3,(H,24,31)(H,25,29)/t14-,15+,16+,17-,23+/m1/s1. The first-order valence-corrected chi connectivity index (χ1v) is 11.0. The number of hydrogen-bond acceptors (Lipinski definition) is 6. The van der Waals surface area contributed by atoms with Crippen molar-refractivity contribution in [1.82, 2.24) is 15.5 Å². The van der Waals surface area contributed by atoms with Crippen LogP contribution in [0.4, 0.5) is 4.79 Å². The molecule has 2 aliphatic rings. The van der Waals surface area contributed by atoms with E-state index in [2.05, 4.69) is 17.2 Å². The molecular weight excluding hydrogens is 414 g/mol. The third-order valence-electron chi connectivity index (χ3n) is 5.91. The van der Waals surface area contributed by atoms with Gasteiger partial charge < -0.3 is 25.4 Å². The van der Waals surface area contributed by atoms with Crippen molar-refractivity contribution in [3.8, 4) is 0 Å². The maximum absolute atomic E-state index is 13.5. The normalized spacial score (nSPS) is 28.5. The van der Waals surface area contributed by atoms with Crippen molar-refractivity contribution in [3.63, 3.8) is 0 Å². The minimum Gasteiger partial charge on any atom is -0.444 e. The number of ketones is 1. The molecular formula is C23H37N3O6. The van der Waals surface area contributed by atoms with Gasteiger partial charge in [-0.2, -0.15) is 0 Å². The molecule has 0 spiro atoms. The van der Waals surface area contributed by atoms with E-state index in [1.54, 1.807) is 47.6 Å². The SMILES string of the molecule is C=C[C@@H]1C[C@]1(NC(=O)[C@@H]1C[C@H](O)CN1C(=O)[C@@H](NC(=O)OC(C)(C)C)C(C)(C)C)C(C)=O. The first-order chi connectivity index (χ1) is 14.5. The number of nitrogens with one attached hydrogen (secondary N) is 2. The van der Waals surface area contributed by atoms with Crippen LogP contribution >= 0.6 is 0 Å². The zero-order chi connectivity index (χ0) is 24.6. The lowest BCUT2D eigenvalue weighted by Crippen LogP contribution is -2.59. The van der Waals surface area contributed by atoms with E-state index in [-0.39, 0.29) is 24.7 Å². The van der Waals surface area contributed by atoms with E-state index in [1.165, 1.54) is 11.8 Å². The summed E-state index contributed by atoms with van der Waals surface area (Å²) in [4.78, 5) is 52.4. The summed E-state index contributed by atoms with van der Waals surface area (Å²) in [5.41, 5.74) is -2.43. The van der Waals surface area contributed by atoms with Gasteiger partial charge in [0.15, 0.2) is 5.78 Å². The molecule has 3 amide bonds. The molecule has 0 aromatic heterocycles. The Kier molecular flexibility index (Phi) is 7.14. The topological polar surface area (TPSA) is 125 Å². The summed E-state index contributed by atoms with van der Waals surface area (Å²) in [7, 11) is 0. The van der Waals surface area contributed by atoms with Gasteiger partial charge >= 0.3 is 6.09 Å². The summed E-state index contributed by atoms with van der Waals surface area (Å²) in [6.45, 7) is 15.6. The highest BCUT2D eigenvalue weighted by atomic mass is 16.6. The summed E-state index contributed by atoms with van der Waals surface area (Å²) in [5.74, 6) is -1.32. The van der Waals surface area contributed by atoms with Gasteiger partial charge in [0.2, 0.25) is 11.8 Å². The minimum atomic E-state index is -1.00. The molecule has 1 aliphatic heterocycles. The number of likely N-dealkylation sites (tertiary alicyclic amines) is 1. The van der Waals surface area contributed by atoms with Crippen LogP contribution in [0.25, 0.3) is 0 Å². The molecule has 1 aliphatic carbocycles. The van der Waals surface area contributed by atoms with E-state index in [4.69, 9.17) is 4.74 Å². The van der Waals surface area contributed by atoms with Crippen LogP contribution in [0.3, 0.4) is 0 Å². The number of carbonyl (C=O) groups excluding carboxylic acids is 4. The molecule has 9 nitrogen and oxygen atoms in total. The number of aliphatic hydroxyl groups excluding tert-OH is 1. The third-order valence-corrected chi connectivity index (χ3v) is 5.91. The largest absolute Gasteiger partial charge is 0.444 e. The van der Waals surface area contributed by atoms with Gasteiger partial charge in [0.25, 0.3) is 0 Å². The molecule has 1 heterocycles. The fourth-order valence-corrected chi connectivity index (χ4v) is 4.06. The summed E-state index contributed by atoms with van der Waals surface area (Å²) in [6, 6.07) is -1.94. The van der Waals surface area contributed by atoms with Crippen LogP contribution in [-0.4, -0.2) is 69.6 Å². The van der Waals surface area contributed by atoms with E-state index in [9.17, 15) is 24.3 Å². The van der Waals surface area contributed by atoms with Crippen LogP contribution in [-0.2, 0) is 19.1 Å². The number of rotatable bonds is 6. The van der Waals surface area contributed by atoms with Crippen LogP contribution in [0.5, 0.6) is 0 Å². The van der Waals surface area contributed by atoms with Crippen LogP contribution in [0.1, 0.15) is 61.3 Å². The summed E-state index contributed by atoms with van der Waals surface area (Å²) < 4.78 is 5.30. The maximum atomic E-state index is 13.5. The van der Waals surface area contributed by atoms with E-state index >= 15 is 0 Å². The van der Waals surface area contributed by atoms with E-state index in [1.807, 2.05) is 0 Å². The quantitative estimate of drug-likeness (QED) is 0.526. The molecule has 0 unspecified atom stereocenters. The number of hydrogen-bond donors (Lipinski definition) is 3. The molecule has 180 valence electrons. The number of aliphatic hydroxyl groups is 1. The van der Waals surface area contributed by atoms with Crippen LogP contribution in [0, 0.1) is 11.3 Å². The van der Waals surface area contributed by atoms with Crippen molar-refractivity contribution in [2.24, 2.45) is 11.3 Å². The molecule has 5 atom stereocenters. The van der Waals surface area contributed by atoms with Gasteiger partial charge in [0.1, 0.15) is 23.2 Å². The number of ether oxygens (including phenoxy) is 1. The molecule has 0 bridgehead atoms. The Bertz CT molecular complexity index is 797. The molecule has 9 heteroatoms. The van der Waals surface area contributed by atoms with Gasteiger partial charge in [-0.25, -0.2) is 4.79 Å². The summed E-state index contributed by atoms with van der Waals surface area (Å²) in [6.07, 6.45) is 0.515. The first kappa shape index (κ1) is 25.8. The Hall–Kier alpha value is -2.42. The molecule has 1 saturated carbocycles. The smallest absolute Gasteiger partial charge is 0.408 e. The summed E-state index contributed by atoms with van der Waals surface area (Å²) in [5, 5.41) is 15.7. The maximum Gasteiger partial charge on any atom is 0.408 e. The second-order valence-electron chi connectivity index (χ2n) is 10.9. The Balaban J connectivity index is 2.22. The predicted octanol–water partition coefficient (Wildman–Crippen LogP) is 1.54. The van der Waals surface area contributed by atoms with Gasteiger partial charge in [-0.3, -0.25) is 14.4 Å². The van der Waals surface area contributed by atoms with Gasteiger partial charge in [-0.05, 0) is 39.5 Å². The molecule has 0 aromatic rings. The van der Waals surface area contributed by atoms with Crippen LogP contribution in [0.15, 0.2) is 12.7 Å². The Labute approximate surface area is 189 Å². The van der Waals surface area contributed by atoms with E-state index in [0.717, 1.165) is 0 Å². The molecule has 1 saturated heterocycles. The number of amides is 3. The van der Waals surface area contributed by atoms with Crippen LogP contribution < -0.4 is 10.6 Å². The Morgan fingerprint density at radius 2 is 1.78 bits per heavy atom. The monoisotopic (exact) mass is 451 g/mol. The zero-order valence-electron chi connectivity index (χ0n) is 20.2. The zero-order valence-corrected chi connectivity index (χ0v) is 20.2. The highest BCUT2D eigenvalue weighted by molar-refractivity contribution is 5.98. The number of β-amino-alcohol motifs (C(OH)–C–C–N with tert-alkyl or cyclic N) is 1. The lowest BCUT2D eigenvalue weighted by molar-refractivity contribution is -0.142. The molecule has 32 heavy (non-hydrogen) atoms. The predicted molar refractivity (Wildman–Crippen MR) is 119 cm³/mol. The highest BCUT2D eigenvalue weighted by Gasteiger charge is 2.58. The van der Waals surface area contributed by atoms with Gasteiger partial charge in [0.05, 0.1) is 6.10 Å². The second kappa shape index (κ2) is 8.84. The van der Waals surface area contributed by atoms with Crippen molar-refractivity contribution in [2.75, 3.05) is 6.54 Å². The number of alkyl carbamates (subject to hydrolysis) is 1. The number of Topliss-reactive ketones (excluding diaryl/α,β-unsaturated/α-hetero) is 1. The van der Waals surface area contributed by atoms with Gasteiger partial charge in [0, 0.05) is 18.9 Å². The molecule has 0 radical (unpaired) electrons. The van der Waals surface area contributed by atoms with Crippen molar-refractivity contribution < 1.29 is 29.0 Å². The molecule has 2 rings (SSSR count). The molecule has 2 fully saturated rings. The third kappa shape index (κ3) is 5.68. The molecule has 0 aromatic carbocycles. The highest BCUT2D eigenvalue weighted by Crippen LogP contribution is 2.45. The summed E-state index contributed by atoms with van der Waals surface area (Å²) >= 11 is 0. The van der Waals surface area contributed by atoms with E-state index in [0.29, 0.717) is 6.42 Å². The number of nitrogens with zero attached hydrogens (tertiary/aromatic N) is 1. The average molecular weight is 452 g/mol.